The number of nitrogens with one attached hydrogen (secondary N) is 1. The molecule has 1 aliphatic rings. The SMILES string of the molecule is CCOC(=O)C(Cc1ccccc1)NC(=O)C1CCN(c2ccc(C)c(C)c2)C1=O. The average molecular weight is 408 g/mol. The van der Waals surface area contributed by atoms with Crippen LogP contribution in [0.3, 0.4) is 0 Å². The topological polar surface area (TPSA) is 75.7 Å². The summed E-state index contributed by atoms with van der Waals surface area (Å²) in [7, 11) is 0. The zero-order valence-electron chi connectivity index (χ0n) is 17.7. The summed E-state index contributed by atoms with van der Waals surface area (Å²) in [5.74, 6) is -1.97. The fourth-order valence-electron chi connectivity index (χ4n) is 3.63. The van der Waals surface area contributed by atoms with Crippen molar-refractivity contribution < 1.29 is 19.1 Å². The maximum absolute atomic E-state index is 12.9. The Morgan fingerprint density at radius 3 is 2.53 bits per heavy atom. The lowest BCUT2D eigenvalue weighted by Crippen LogP contribution is -2.47. The minimum atomic E-state index is -0.830. The van der Waals surface area contributed by atoms with Crippen LogP contribution in [0.5, 0.6) is 0 Å². The maximum atomic E-state index is 12.9. The first kappa shape index (κ1) is 21.6. The van der Waals surface area contributed by atoms with Gasteiger partial charge >= 0.3 is 5.97 Å². The number of carbonyl (C=O) groups is 3. The number of ether oxygens (including phenoxy) is 1. The fourth-order valence-corrected chi connectivity index (χ4v) is 3.63. The van der Waals surface area contributed by atoms with Crippen molar-refractivity contribution in [3.63, 3.8) is 0 Å². The lowest BCUT2D eigenvalue weighted by atomic mass is 10.0. The number of hydrogen-bond acceptors (Lipinski definition) is 4. The molecule has 0 aromatic heterocycles. The van der Waals surface area contributed by atoms with E-state index in [0.29, 0.717) is 19.4 Å². The van der Waals surface area contributed by atoms with Crippen LogP contribution in [-0.2, 0) is 25.5 Å². The molecule has 0 bridgehead atoms. The van der Waals surface area contributed by atoms with E-state index in [0.717, 1.165) is 22.4 Å². The average Bonchev–Trinajstić information content (AvgIpc) is 3.12. The monoisotopic (exact) mass is 408 g/mol. The van der Waals surface area contributed by atoms with E-state index in [1.165, 1.54) is 0 Å². The van der Waals surface area contributed by atoms with Crippen LogP contribution in [0, 0.1) is 19.8 Å². The van der Waals surface area contributed by atoms with Gasteiger partial charge in [0.25, 0.3) is 0 Å². The lowest BCUT2D eigenvalue weighted by molar-refractivity contribution is -0.148. The Morgan fingerprint density at radius 2 is 1.87 bits per heavy atom. The summed E-state index contributed by atoms with van der Waals surface area (Å²) in [6, 6.07) is 14.4. The van der Waals surface area contributed by atoms with E-state index in [2.05, 4.69) is 5.32 Å². The number of rotatable bonds is 7. The van der Waals surface area contributed by atoms with Gasteiger partial charge in [-0.25, -0.2) is 4.79 Å². The Balaban J connectivity index is 1.71. The number of amides is 2. The standard InChI is InChI=1S/C24H28N2O4/c1-4-30-24(29)21(15-18-8-6-5-7-9-18)25-22(27)20-12-13-26(23(20)28)19-11-10-16(2)17(3)14-19/h5-11,14,20-21H,4,12-13,15H2,1-3H3,(H,25,27). The largest absolute Gasteiger partial charge is 0.464 e. The molecule has 30 heavy (non-hydrogen) atoms. The van der Waals surface area contributed by atoms with E-state index >= 15 is 0 Å². The van der Waals surface area contributed by atoms with E-state index in [1.54, 1.807) is 11.8 Å². The number of hydrogen-bond donors (Lipinski definition) is 1. The molecule has 1 N–H and O–H groups in total. The minimum absolute atomic E-state index is 0.225. The fraction of sp³-hybridized carbons (Fsp3) is 0.375. The van der Waals surface area contributed by atoms with Crippen LogP contribution in [0.25, 0.3) is 0 Å². The van der Waals surface area contributed by atoms with Crippen molar-refractivity contribution in [2.75, 3.05) is 18.1 Å². The second-order valence-electron chi connectivity index (χ2n) is 7.60. The molecule has 0 radical (unpaired) electrons. The molecule has 1 heterocycles. The van der Waals surface area contributed by atoms with Crippen LogP contribution in [0.2, 0.25) is 0 Å². The number of carbonyl (C=O) groups excluding carboxylic acids is 3. The predicted octanol–water partition coefficient (Wildman–Crippen LogP) is 2.95. The zero-order chi connectivity index (χ0) is 21.7. The van der Waals surface area contributed by atoms with Crippen LogP contribution in [-0.4, -0.2) is 37.0 Å². The first-order valence-electron chi connectivity index (χ1n) is 10.3. The zero-order valence-corrected chi connectivity index (χ0v) is 17.7. The first-order chi connectivity index (χ1) is 14.4. The summed E-state index contributed by atoms with van der Waals surface area (Å²) in [5, 5.41) is 2.75. The van der Waals surface area contributed by atoms with Gasteiger partial charge in [0.2, 0.25) is 11.8 Å². The van der Waals surface area contributed by atoms with Gasteiger partial charge in [0.15, 0.2) is 0 Å². The van der Waals surface area contributed by atoms with Crippen LogP contribution in [0.15, 0.2) is 48.5 Å². The first-order valence-corrected chi connectivity index (χ1v) is 10.3. The van der Waals surface area contributed by atoms with Gasteiger partial charge in [-0.1, -0.05) is 36.4 Å². The Bertz CT molecular complexity index is 926. The second kappa shape index (κ2) is 9.57. The van der Waals surface area contributed by atoms with Crippen LogP contribution in [0.4, 0.5) is 5.69 Å². The highest BCUT2D eigenvalue weighted by atomic mass is 16.5. The van der Waals surface area contributed by atoms with Crippen molar-refractivity contribution in [2.45, 2.75) is 39.7 Å². The van der Waals surface area contributed by atoms with Gasteiger partial charge in [-0.2, -0.15) is 0 Å². The molecular weight excluding hydrogens is 380 g/mol. The summed E-state index contributed by atoms with van der Waals surface area (Å²) in [5.41, 5.74) is 3.95. The highest BCUT2D eigenvalue weighted by Gasteiger charge is 2.39. The smallest absolute Gasteiger partial charge is 0.328 e. The Kier molecular flexibility index (Phi) is 6.87. The number of esters is 1. The van der Waals surface area contributed by atoms with E-state index in [-0.39, 0.29) is 12.5 Å². The summed E-state index contributed by atoms with van der Waals surface area (Å²) in [4.78, 5) is 39.9. The van der Waals surface area contributed by atoms with Gasteiger partial charge in [0.1, 0.15) is 12.0 Å². The van der Waals surface area contributed by atoms with Crippen molar-refractivity contribution in [1.29, 1.82) is 0 Å². The molecule has 0 spiro atoms. The van der Waals surface area contributed by atoms with E-state index in [4.69, 9.17) is 4.74 Å². The lowest BCUT2D eigenvalue weighted by Gasteiger charge is -2.20. The van der Waals surface area contributed by atoms with Crippen molar-refractivity contribution in [2.24, 2.45) is 5.92 Å². The molecule has 6 heteroatoms. The molecule has 3 rings (SSSR count). The number of benzene rings is 2. The molecule has 158 valence electrons. The summed E-state index contributed by atoms with van der Waals surface area (Å²) in [6.07, 6.45) is 0.728. The van der Waals surface area contributed by atoms with Crippen LogP contribution < -0.4 is 10.2 Å². The molecule has 2 unspecified atom stereocenters. The molecule has 2 atom stereocenters. The molecule has 2 aromatic rings. The summed E-state index contributed by atoms with van der Waals surface area (Å²) in [6.45, 7) is 6.44. The number of aryl methyl sites for hydroxylation is 2. The highest BCUT2D eigenvalue weighted by molar-refractivity contribution is 6.10. The van der Waals surface area contributed by atoms with Crippen LogP contribution in [0.1, 0.15) is 30.0 Å². The summed E-state index contributed by atoms with van der Waals surface area (Å²) < 4.78 is 5.13. The van der Waals surface area contributed by atoms with Gasteiger partial charge in [0.05, 0.1) is 6.61 Å². The molecule has 2 aromatic carbocycles. The van der Waals surface area contributed by atoms with Gasteiger partial charge in [-0.15, -0.1) is 0 Å². The Labute approximate surface area is 177 Å². The second-order valence-corrected chi connectivity index (χ2v) is 7.60. The molecule has 0 aliphatic carbocycles. The van der Waals surface area contributed by atoms with Crippen molar-refractivity contribution >= 4 is 23.5 Å². The predicted molar refractivity (Wildman–Crippen MR) is 115 cm³/mol. The number of anilines is 1. The van der Waals surface area contributed by atoms with E-state index in [9.17, 15) is 14.4 Å². The molecule has 1 fully saturated rings. The normalized spacial score (nSPS) is 17.0. The third kappa shape index (κ3) is 4.87. The molecule has 6 nitrogen and oxygen atoms in total. The summed E-state index contributed by atoms with van der Waals surface area (Å²) >= 11 is 0. The van der Waals surface area contributed by atoms with Crippen molar-refractivity contribution in [3.8, 4) is 0 Å². The van der Waals surface area contributed by atoms with E-state index in [1.807, 2.05) is 62.4 Å². The number of nitrogens with zero attached hydrogens (tertiary/aromatic N) is 1. The van der Waals surface area contributed by atoms with Crippen molar-refractivity contribution in [1.82, 2.24) is 5.32 Å². The van der Waals surface area contributed by atoms with Gasteiger partial charge < -0.3 is 15.0 Å². The minimum Gasteiger partial charge on any atom is -0.464 e. The van der Waals surface area contributed by atoms with Gasteiger partial charge in [-0.3, -0.25) is 9.59 Å². The molecule has 0 saturated carbocycles. The molecule has 1 aliphatic heterocycles. The van der Waals surface area contributed by atoms with Gasteiger partial charge in [0, 0.05) is 18.7 Å². The molecular formula is C24H28N2O4. The molecule has 2 amide bonds. The Morgan fingerprint density at radius 1 is 1.13 bits per heavy atom. The van der Waals surface area contributed by atoms with Crippen LogP contribution >= 0.6 is 0 Å². The molecule has 1 saturated heterocycles. The highest BCUT2D eigenvalue weighted by Crippen LogP contribution is 2.27. The third-order valence-corrected chi connectivity index (χ3v) is 5.49. The van der Waals surface area contributed by atoms with E-state index < -0.39 is 23.8 Å². The quantitative estimate of drug-likeness (QED) is 0.565. The Hall–Kier alpha value is -3.15. The maximum Gasteiger partial charge on any atom is 0.328 e. The van der Waals surface area contributed by atoms with Gasteiger partial charge in [-0.05, 0) is 56.0 Å². The third-order valence-electron chi connectivity index (χ3n) is 5.49. The van der Waals surface area contributed by atoms with Crippen molar-refractivity contribution in [3.05, 3.63) is 65.2 Å².